The Kier molecular flexibility index (Phi) is 5.39. The lowest BCUT2D eigenvalue weighted by Crippen LogP contribution is -2.66. The Hall–Kier alpha value is -1.06. The molecule has 3 unspecified atom stereocenters. The quantitative estimate of drug-likeness (QED) is 0.831. The van der Waals surface area contributed by atoms with Gasteiger partial charge in [0.05, 0.1) is 0 Å². The molecule has 1 aliphatic rings. The number of amides is 2. The summed E-state index contributed by atoms with van der Waals surface area (Å²) in [7, 11) is 0. The molecule has 0 bridgehead atoms. The van der Waals surface area contributed by atoms with Gasteiger partial charge in [0.2, 0.25) is 11.8 Å². The lowest BCUT2D eigenvalue weighted by molar-refractivity contribution is -0.153. The van der Waals surface area contributed by atoms with E-state index in [1.54, 1.807) is 4.90 Å². The smallest absolute Gasteiger partial charge is 0.246 e. The van der Waals surface area contributed by atoms with Crippen LogP contribution in [0, 0.1) is 11.8 Å². The van der Waals surface area contributed by atoms with Crippen molar-refractivity contribution in [1.29, 1.82) is 0 Å². The Morgan fingerprint density at radius 1 is 1.16 bits per heavy atom. The summed E-state index contributed by atoms with van der Waals surface area (Å²) < 4.78 is 0. The zero-order valence-corrected chi connectivity index (χ0v) is 13.1. The number of nitrogens with zero attached hydrogens (tertiary/aromatic N) is 1. The summed E-state index contributed by atoms with van der Waals surface area (Å²) in [5.74, 6) is 0.657. The van der Waals surface area contributed by atoms with E-state index in [4.69, 9.17) is 0 Å². The molecule has 1 rings (SSSR count). The van der Waals surface area contributed by atoms with Crippen LogP contribution >= 0.6 is 0 Å². The summed E-state index contributed by atoms with van der Waals surface area (Å²) in [5, 5.41) is 2.93. The Morgan fingerprint density at radius 2 is 1.74 bits per heavy atom. The average Bonchev–Trinajstić information content (AvgIpc) is 2.31. The molecule has 0 aromatic carbocycles. The number of carbonyl (C=O) groups excluding carboxylic acids is 2. The van der Waals surface area contributed by atoms with E-state index >= 15 is 0 Å². The summed E-state index contributed by atoms with van der Waals surface area (Å²) >= 11 is 0. The first-order chi connectivity index (χ1) is 8.79. The molecule has 4 heteroatoms. The summed E-state index contributed by atoms with van der Waals surface area (Å²) in [5.41, 5.74) is 0. The monoisotopic (exact) mass is 268 g/mol. The summed E-state index contributed by atoms with van der Waals surface area (Å²) in [6, 6.07) is -0.607. The first-order valence-electron chi connectivity index (χ1n) is 7.42. The molecule has 1 saturated heterocycles. The van der Waals surface area contributed by atoms with E-state index in [0.717, 1.165) is 12.8 Å². The zero-order valence-electron chi connectivity index (χ0n) is 13.1. The molecule has 1 fully saturated rings. The largest absolute Gasteiger partial charge is 0.342 e. The van der Waals surface area contributed by atoms with Gasteiger partial charge in [-0.1, -0.05) is 34.1 Å². The molecular formula is C15H28N2O2. The fraction of sp³-hybridized carbons (Fsp3) is 0.867. The number of nitrogens with one attached hydrogen (secondary N) is 1. The number of piperazine rings is 1. The van der Waals surface area contributed by atoms with Crippen molar-refractivity contribution in [2.75, 3.05) is 0 Å². The normalized spacial score (nSPS) is 26.0. The van der Waals surface area contributed by atoms with Crippen LogP contribution < -0.4 is 5.32 Å². The molecular weight excluding hydrogens is 240 g/mol. The number of carbonyl (C=O) groups is 2. The first-order valence-corrected chi connectivity index (χ1v) is 7.42. The van der Waals surface area contributed by atoms with E-state index in [1.165, 1.54) is 0 Å². The van der Waals surface area contributed by atoms with Crippen molar-refractivity contribution < 1.29 is 9.59 Å². The van der Waals surface area contributed by atoms with Crippen molar-refractivity contribution in [3.8, 4) is 0 Å². The highest BCUT2D eigenvalue weighted by Crippen LogP contribution is 2.23. The second-order valence-electron chi connectivity index (χ2n) is 6.36. The van der Waals surface area contributed by atoms with Gasteiger partial charge in [-0.2, -0.15) is 0 Å². The SMILES string of the molecule is CCC(C)C1NC(=O)C(CC(C)C)N(C(C)C)C1=O. The molecule has 0 saturated carbocycles. The zero-order chi connectivity index (χ0) is 14.7. The maximum Gasteiger partial charge on any atom is 0.246 e. The fourth-order valence-corrected chi connectivity index (χ4v) is 2.65. The van der Waals surface area contributed by atoms with Crippen LogP contribution in [0.3, 0.4) is 0 Å². The highest BCUT2D eigenvalue weighted by molar-refractivity contribution is 5.97. The van der Waals surface area contributed by atoms with E-state index in [2.05, 4.69) is 19.2 Å². The first kappa shape index (κ1) is 16.0. The second-order valence-corrected chi connectivity index (χ2v) is 6.36. The van der Waals surface area contributed by atoms with Crippen molar-refractivity contribution in [3.05, 3.63) is 0 Å². The number of rotatable bonds is 5. The molecule has 4 nitrogen and oxygen atoms in total. The lowest BCUT2D eigenvalue weighted by atomic mass is 9.91. The number of hydrogen-bond donors (Lipinski definition) is 1. The average molecular weight is 268 g/mol. The van der Waals surface area contributed by atoms with E-state index in [-0.39, 0.29) is 35.9 Å². The molecule has 1 N–H and O–H groups in total. The minimum Gasteiger partial charge on any atom is -0.342 e. The second kappa shape index (κ2) is 6.40. The van der Waals surface area contributed by atoms with E-state index < -0.39 is 0 Å². The van der Waals surface area contributed by atoms with E-state index in [0.29, 0.717) is 5.92 Å². The minimum absolute atomic E-state index is 0.00676. The van der Waals surface area contributed by atoms with Gasteiger partial charge in [-0.25, -0.2) is 0 Å². The van der Waals surface area contributed by atoms with Crippen molar-refractivity contribution in [1.82, 2.24) is 10.2 Å². The van der Waals surface area contributed by atoms with Gasteiger partial charge >= 0.3 is 0 Å². The lowest BCUT2D eigenvalue weighted by Gasteiger charge is -2.43. The van der Waals surface area contributed by atoms with Gasteiger partial charge in [-0.3, -0.25) is 9.59 Å². The van der Waals surface area contributed by atoms with Gasteiger partial charge in [0, 0.05) is 6.04 Å². The van der Waals surface area contributed by atoms with Gasteiger partial charge in [0.15, 0.2) is 0 Å². The molecule has 3 atom stereocenters. The Balaban J connectivity index is 2.99. The van der Waals surface area contributed by atoms with Crippen molar-refractivity contribution in [2.24, 2.45) is 11.8 Å². The van der Waals surface area contributed by atoms with Crippen LogP contribution in [0.4, 0.5) is 0 Å². The van der Waals surface area contributed by atoms with Gasteiger partial charge in [-0.15, -0.1) is 0 Å². The Labute approximate surface area is 116 Å². The topological polar surface area (TPSA) is 49.4 Å². The third kappa shape index (κ3) is 3.48. The molecule has 0 aromatic rings. The minimum atomic E-state index is -0.358. The molecule has 0 aromatic heterocycles. The predicted molar refractivity (Wildman–Crippen MR) is 76.6 cm³/mol. The molecule has 0 aliphatic carbocycles. The van der Waals surface area contributed by atoms with Crippen LogP contribution in [0.1, 0.15) is 54.4 Å². The van der Waals surface area contributed by atoms with Crippen molar-refractivity contribution >= 4 is 11.8 Å². The maximum absolute atomic E-state index is 12.6. The standard InChI is InChI=1S/C15H28N2O2/c1-7-11(6)13-15(19)17(10(4)5)12(8-9(2)3)14(18)16-13/h9-13H,7-8H2,1-6H3,(H,16,18). The molecule has 19 heavy (non-hydrogen) atoms. The van der Waals surface area contributed by atoms with Crippen LogP contribution in [-0.4, -0.2) is 34.8 Å². The summed E-state index contributed by atoms with van der Waals surface area (Å²) in [6.07, 6.45) is 1.61. The molecule has 0 spiro atoms. The predicted octanol–water partition coefficient (Wildman–Crippen LogP) is 2.18. The van der Waals surface area contributed by atoms with E-state index in [9.17, 15) is 9.59 Å². The van der Waals surface area contributed by atoms with Gasteiger partial charge in [-0.05, 0) is 32.1 Å². The van der Waals surface area contributed by atoms with Crippen LogP contribution in [-0.2, 0) is 9.59 Å². The summed E-state index contributed by atoms with van der Waals surface area (Å²) in [6.45, 7) is 12.2. The summed E-state index contributed by atoms with van der Waals surface area (Å²) in [4.78, 5) is 26.7. The number of hydrogen-bond acceptors (Lipinski definition) is 2. The van der Waals surface area contributed by atoms with Crippen LogP contribution in [0.2, 0.25) is 0 Å². The van der Waals surface area contributed by atoms with E-state index in [1.807, 2.05) is 27.7 Å². The van der Waals surface area contributed by atoms with Crippen molar-refractivity contribution in [2.45, 2.75) is 72.5 Å². The van der Waals surface area contributed by atoms with Gasteiger partial charge in [0.1, 0.15) is 12.1 Å². The van der Waals surface area contributed by atoms with Crippen LogP contribution in [0.15, 0.2) is 0 Å². The van der Waals surface area contributed by atoms with Gasteiger partial charge < -0.3 is 10.2 Å². The van der Waals surface area contributed by atoms with Crippen LogP contribution in [0.25, 0.3) is 0 Å². The molecule has 0 radical (unpaired) electrons. The molecule has 1 aliphatic heterocycles. The highest BCUT2D eigenvalue weighted by Gasteiger charge is 2.43. The highest BCUT2D eigenvalue weighted by atomic mass is 16.2. The van der Waals surface area contributed by atoms with Gasteiger partial charge in [0.25, 0.3) is 0 Å². The molecule has 1 heterocycles. The van der Waals surface area contributed by atoms with Crippen LogP contribution in [0.5, 0.6) is 0 Å². The molecule has 110 valence electrons. The third-order valence-electron chi connectivity index (χ3n) is 3.92. The maximum atomic E-state index is 12.6. The Morgan fingerprint density at radius 3 is 2.16 bits per heavy atom. The van der Waals surface area contributed by atoms with Crippen molar-refractivity contribution in [3.63, 3.8) is 0 Å². The third-order valence-corrected chi connectivity index (χ3v) is 3.92. The Bertz CT molecular complexity index is 339. The molecule has 2 amide bonds. The fourth-order valence-electron chi connectivity index (χ4n) is 2.65.